The number of nitrogens with one attached hydrogen (secondary N) is 1. The van der Waals surface area contributed by atoms with Crippen molar-refractivity contribution in [2.75, 3.05) is 13.2 Å². The smallest absolute Gasteiger partial charge is 0.0660 e. The first-order valence-corrected chi connectivity index (χ1v) is 6.63. The standard InChI is InChI=1S/C13H27NO2/c1-5-13(6-2)11(14-10(4)9-15)8-12(13)16-7-3/h10-12,14-15H,5-9H2,1-4H3/t10-,11?,12?/m0/s1. The molecule has 0 saturated heterocycles. The van der Waals surface area contributed by atoms with Crippen molar-refractivity contribution in [2.45, 2.75) is 65.1 Å². The quantitative estimate of drug-likeness (QED) is 0.701. The maximum atomic E-state index is 9.09. The van der Waals surface area contributed by atoms with E-state index in [9.17, 15) is 0 Å². The lowest BCUT2D eigenvalue weighted by molar-refractivity contribution is -0.140. The van der Waals surface area contributed by atoms with Gasteiger partial charge >= 0.3 is 0 Å². The van der Waals surface area contributed by atoms with Gasteiger partial charge in [0.1, 0.15) is 0 Å². The molecule has 0 aliphatic heterocycles. The number of ether oxygens (including phenoxy) is 1. The second kappa shape index (κ2) is 5.99. The molecule has 0 aromatic carbocycles. The fraction of sp³-hybridized carbons (Fsp3) is 1.00. The lowest BCUT2D eigenvalue weighted by atomic mass is 9.58. The van der Waals surface area contributed by atoms with Crippen LogP contribution in [-0.4, -0.2) is 36.5 Å². The van der Waals surface area contributed by atoms with Gasteiger partial charge in [-0.05, 0) is 33.1 Å². The summed E-state index contributed by atoms with van der Waals surface area (Å²) < 4.78 is 5.82. The minimum atomic E-state index is 0.185. The Kier molecular flexibility index (Phi) is 5.22. The first kappa shape index (κ1) is 13.9. The number of aliphatic hydroxyl groups excluding tert-OH is 1. The van der Waals surface area contributed by atoms with E-state index in [1.807, 2.05) is 6.92 Å². The number of hydrogen-bond acceptors (Lipinski definition) is 3. The summed E-state index contributed by atoms with van der Waals surface area (Å²) in [5.41, 5.74) is 0.277. The van der Waals surface area contributed by atoms with Gasteiger partial charge in [-0.15, -0.1) is 0 Å². The maximum Gasteiger partial charge on any atom is 0.0660 e. The van der Waals surface area contributed by atoms with Gasteiger partial charge in [-0.25, -0.2) is 0 Å². The van der Waals surface area contributed by atoms with Crippen LogP contribution < -0.4 is 5.32 Å². The third-order valence-electron chi connectivity index (χ3n) is 4.23. The summed E-state index contributed by atoms with van der Waals surface area (Å²) in [7, 11) is 0. The summed E-state index contributed by atoms with van der Waals surface area (Å²) in [6, 6.07) is 0.686. The number of rotatable bonds is 7. The van der Waals surface area contributed by atoms with Gasteiger partial charge in [0.05, 0.1) is 12.7 Å². The van der Waals surface area contributed by atoms with Crippen molar-refractivity contribution in [1.29, 1.82) is 0 Å². The molecule has 0 spiro atoms. The van der Waals surface area contributed by atoms with Crippen LogP contribution in [-0.2, 0) is 4.74 Å². The second-order valence-corrected chi connectivity index (χ2v) is 4.92. The van der Waals surface area contributed by atoms with E-state index in [4.69, 9.17) is 9.84 Å². The van der Waals surface area contributed by atoms with Crippen LogP contribution >= 0.6 is 0 Å². The average molecular weight is 229 g/mol. The van der Waals surface area contributed by atoms with E-state index in [-0.39, 0.29) is 18.1 Å². The molecule has 0 heterocycles. The van der Waals surface area contributed by atoms with Crippen LogP contribution in [0.25, 0.3) is 0 Å². The Morgan fingerprint density at radius 2 is 2.00 bits per heavy atom. The molecule has 3 nitrogen and oxygen atoms in total. The molecule has 96 valence electrons. The summed E-state index contributed by atoms with van der Waals surface area (Å²) in [6.07, 6.45) is 3.77. The largest absolute Gasteiger partial charge is 0.395 e. The van der Waals surface area contributed by atoms with Gasteiger partial charge < -0.3 is 15.2 Å². The lowest BCUT2D eigenvalue weighted by Gasteiger charge is -2.56. The summed E-state index contributed by atoms with van der Waals surface area (Å²) in [4.78, 5) is 0. The molecule has 1 fully saturated rings. The molecular weight excluding hydrogens is 202 g/mol. The Labute approximate surface area is 99.6 Å². The highest BCUT2D eigenvalue weighted by atomic mass is 16.5. The van der Waals surface area contributed by atoms with Crippen molar-refractivity contribution < 1.29 is 9.84 Å². The van der Waals surface area contributed by atoms with Crippen molar-refractivity contribution in [3.8, 4) is 0 Å². The highest BCUT2D eigenvalue weighted by Crippen LogP contribution is 2.48. The van der Waals surface area contributed by atoms with Gasteiger partial charge in [0.25, 0.3) is 0 Å². The van der Waals surface area contributed by atoms with Crippen molar-refractivity contribution in [2.24, 2.45) is 5.41 Å². The topological polar surface area (TPSA) is 41.5 Å². The van der Waals surface area contributed by atoms with Crippen LogP contribution in [0, 0.1) is 5.41 Å². The van der Waals surface area contributed by atoms with Crippen molar-refractivity contribution in [3.05, 3.63) is 0 Å². The van der Waals surface area contributed by atoms with E-state index in [1.165, 1.54) is 0 Å². The first-order valence-electron chi connectivity index (χ1n) is 6.63. The Bertz CT molecular complexity index is 204. The average Bonchev–Trinajstić information content (AvgIpc) is 2.29. The molecule has 2 unspecified atom stereocenters. The zero-order chi connectivity index (χ0) is 12.2. The Morgan fingerprint density at radius 1 is 1.38 bits per heavy atom. The Hall–Kier alpha value is -0.120. The summed E-state index contributed by atoms with van der Waals surface area (Å²) in [5, 5.41) is 12.6. The van der Waals surface area contributed by atoms with E-state index in [0.717, 1.165) is 25.9 Å². The van der Waals surface area contributed by atoms with E-state index < -0.39 is 0 Å². The van der Waals surface area contributed by atoms with Gasteiger partial charge in [-0.1, -0.05) is 13.8 Å². The van der Waals surface area contributed by atoms with Crippen LogP contribution in [0.15, 0.2) is 0 Å². The molecule has 1 saturated carbocycles. The molecule has 2 N–H and O–H groups in total. The molecule has 16 heavy (non-hydrogen) atoms. The van der Waals surface area contributed by atoms with Crippen molar-refractivity contribution in [3.63, 3.8) is 0 Å². The summed E-state index contributed by atoms with van der Waals surface area (Å²) in [5.74, 6) is 0. The van der Waals surface area contributed by atoms with Crippen LogP contribution in [0.3, 0.4) is 0 Å². The van der Waals surface area contributed by atoms with Crippen molar-refractivity contribution in [1.82, 2.24) is 5.32 Å². The van der Waals surface area contributed by atoms with Gasteiger partial charge in [0.2, 0.25) is 0 Å². The monoisotopic (exact) mass is 229 g/mol. The van der Waals surface area contributed by atoms with Gasteiger partial charge in [-0.2, -0.15) is 0 Å². The minimum absolute atomic E-state index is 0.185. The van der Waals surface area contributed by atoms with Gasteiger partial charge in [-0.3, -0.25) is 0 Å². The third-order valence-corrected chi connectivity index (χ3v) is 4.23. The predicted molar refractivity (Wildman–Crippen MR) is 66.5 cm³/mol. The Balaban J connectivity index is 2.60. The van der Waals surface area contributed by atoms with E-state index >= 15 is 0 Å². The van der Waals surface area contributed by atoms with E-state index in [0.29, 0.717) is 12.1 Å². The molecule has 0 bridgehead atoms. The zero-order valence-corrected chi connectivity index (χ0v) is 11.1. The molecule has 0 radical (unpaired) electrons. The molecular formula is C13H27NO2. The van der Waals surface area contributed by atoms with Gasteiger partial charge in [0.15, 0.2) is 0 Å². The molecule has 0 amide bonds. The normalized spacial score (nSPS) is 29.8. The highest BCUT2D eigenvalue weighted by molar-refractivity contribution is 5.07. The summed E-state index contributed by atoms with van der Waals surface area (Å²) >= 11 is 0. The Morgan fingerprint density at radius 3 is 2.44 bits per heavy atom. The molecule has 0 aromatic rings. The molecule has 3 atom stereocenters. The molecule has 1 aliphatic carbocycles. The highest BCUT2D eigenvalue weighted by Gasteiger charge is 2.53. The predicted octanol–water partition coefficient (Wildman–Crippen LogP) is 1.94. The molecule has 1 aliphatic rings. The minimum Gasteiger partial charge on any atom is -0.395 e. The fourth-order valence-electron chi connectivity index (χ4n) is 3.01. The van der Waals surface area contributed by atoms with E-state index in [1.54, 1.807) is 0 Å². The van der Waals surface area contributed by atoms with Crippen LogP contribution in [0.2, 0.25) is 0 Å². The van der Waals surface area contributed by atoms with E-state index in [2.05, 4.69) is 26.1 Å². The maximum absolute atomic E-state index is 9.09. The molecule has 3 heteroatoms. The van der Waals surface area contributed by atoms with Crippen LogP contribution in [0.1, 0.15) is 47.0 Å². The SMILES string of the molecule is CCOC1CC(N[C@@H](C)CO)C1(CC)CC. The van der Waals surface area contributed by atoms with Crippen LogP contribution in [0.5, 0.6) is 0 Å². The number of hydrogen-bond donors (Lipinski definition) is 2. The molecule has 1 rings (SSSR count). The number of aliphatic hydroxyl groups is 1. The van der Waals surface area contributed by atoms with Crippen LogP contribution in [0.4, 0.5) is 0 Å². The lowest BCUT2D eigenvalue weighted by Crippen LogP contribution is -2.65. The zero-order valence-electron chi connectivity index (χ0n) is 11.1. The fourth-order valence-corrected chi connectivity index (χ4v) is 3.01. The first-order chi connectivity index (χ1) is 7.64. The molecule has 0 aromatic heterocycles. The van der Waals surface area contributed by atoms with Gasteiger partial charge in [0, 0.05) is 24.1 Å². The summed E-state index contributed by atoms with van der Waals surface area (Å²) in [6.45, 7) is 9.59. The van der Waals surface area contributed by atoms with Crippen molar-refractivity contribution >= 4 is 0 Å². The third kappa shape index (κ3) is 2.41. The second-order valence-electron chi connectivity index (χ2n) is 4.92.